The van der Waals surface area contributed by atoms with Crippen LogP contribution in [0.3, 0.4) is 0 Å². The molecule has 4 aromatic rings. The van der Waals surface area contributed by atoms with Crippen molar-refractivity contribution in [2.75, 3.05) is 10.6 Å². The van der Waals surface area contributed by atoms with Crippen LogP contribution >= 0.6 is 0 Å². The molecule has 5 rings (SSSR count). The van der Waals surface area contributed by atoms with Crippen molar-refractivity contribution in [2.45, 2.75) is 44.3 Å². The van der Waals surface area contributed by atoms with Gasteiger partial charge in [0.1, 0.15) is 5.82 Å². The second-order valence-corrected chi connectivity index (χ2v) is 8.77. The van der Waals surface area contributed by atoms with Crippen molar-refractivity contribution in [2.24, 2.45) is 5.73 Å². The number of carbonyl (C=O) groups excluding carboxylic acids is 1. The van der Waals surface area contributed by atoms with Gasteiger partial charge in [0.05, 0.1) is 5.69 Å². The zero-order valence-corrected chi connectivity index (χ0v) is 18.9. The molecular weight excluding hydrogens is 426 g/mol. The number of aromatic nitrogens is 3. The van der Waals surface area contributed by atoms with E-state index >= 15 is 0 Å². The first-order chi connectivity index (χ1) is 16.6. The van der Waals surface area contributed by atoms with E-state index in [0.717, 1.165) is 54.1 Å². The Morgan fingerprint density at radius 2 is 1.79 bits per heavy atom. The molecule has 0 spiro atoms. The van der Waals surface area contributed by atoms with Gasteiger partial charge in [-0.3, -0.25) is 4.79 Å². The van der Waals surface area contributed by atoms with Crippen molar-refractivity contribution in [3.63, 3.8) is 0 Å². The first kappa shape index (κ1) is 21.9. The molecular formula is C26H29N7O. The van der Waals surface area contributed by atoms with Gasteiger partial charge in [-0.05, 0) is 55.5 Å². The molecule has 2 heterocycles. The van der Waals surface area contributed by atoms with Gasteiger partial charge in [-0.15, -0.1) is 5.10 Å². The van der Waals surface area contributed by atoms with Crippen LogP contribution < -0.4 is 21.7 Å². The molecule has 0 aliphatic heterocycles. The maximum absolute atomic E-state index is 12.5. The first-order valence-electron chi connectivity index (χ1n) is 11.7. The number of nitrogens with zero attached hydrogens (tertiary/aromatic N) is 3. The number of benzene rings is 2. The standard InChI is InChI=1S/C26H29N7O/c27-20-8-12-22(13-9-20)31-24-16-23(25-28-14-15-33(25)32-24)30-21-10-6-19(7-11-21)26(34)29-17-18-4-2-1-3-5-18/h1-7,10-11,14-16,20,22,30H,8-9,12-13,17,27H2,(H,29,34)(H,31,32). The lowest BCUT2D eigenvalue weighted by atomic mass is 9.92. The number of nitrogens with one attached hydrogen (secondary N) is 3. The Labute approximate surface area is 198 Å². The fraction of sp³-hybridized carbons (Fsp3) is 0.269. The lowest BCUT2D eigenvalue weighted by molar-refractivity contribution is 0.0951. The van der Waals surface area contributed by atoms with E-state index in [1.807, 2.05) is 66.9 Å². The number of hydrogen-bond donors (Lipinski definition) is 4. The largest absolute Gasteiger partial charge is 0.366 e. The number of nitrogens with two attached hydrogens (primary N) is 1. The van der Waals surface area contributed by atoms with Gasteiger partial charge in [-0.2, -0.15) is 0 Å². The number of anilines is 3. The molecule has 1 amide bonds. The molecule has 8 heteroatoms. The topological polar surface area (TPSA) is 109 Å². The van der Waals surface area contributed by atoms with Gasteiger partial charge in [0.2, 0.25) is 0 Å². The molecule has 5 N–H and O–H groups in total. The summed E-state index contributed by atoms with van der Waals surface area (Å²) in [5.41, 5.74) is 10.2. The zero-order chi connectivity index (χ0) is 23.3. The van der Waals surface area contributed by atoms with Crippen LogP contribution in [0.1, 0.15) is 41.6 Å². The van der Waals surface area contributed by atoms with Gasteiger partial charge in [-0.25, -0.2) is 9.50 Å². The molecule has 2 aromatic heterocycles. The normalized spacial score (nSPS) is 17.9. The van der Waals surface area contributed by atoms with E-state index in [4.69, 9.17) is 5.73 Å². The second kappa shape index (κ2) is 9.93. The summed E-state index contributed by atoms with van der Waals surface area (Å²) in [7, 11) is 0. The number of fused-ring (bicyclic) bond motifs is 1. The molecule has 8 nitrogen and oxygen atoms in total. The maximum Gasteiger partial charge on any atom is 0.251 e. The van der Waals surface area contributed by atoms with E-state index in [-0.39, 0.29) is 5.91 Å². The summed E-state index contributed by atoms with van der Waals surface area (Å²) in [6.07, 6.45) is 7.71. The van der Waals surface area contributed by atoms with Crippen LogP contribution in [-0.4, -0.2) is 32.6 Å². The van der Waals surface area contributed by atoms with E-state index < -0.39 is 0 Å². The quantitative estimate of drug-likeness (QED) is 0.334. The first-order valence-corrected chi connectivity index (χ1v) is 11.7. The van der Waals surface area contributed by atoms with Crippen LogP contribution in [0.25, 0.3) is 5.65 Å². The third-order valence-electron chi connectivity index (χ3n) is 6.20. The van der Waals surface area contributed by atoms with Gasteiger partial charge in [0.15, 0.2) is 5.65 Å². The van der Waals surface area contributed by atoms with Crippen molar-refractivity contribution in [3.05, 3.63) is 84.2 Å². The Morgan fingerprint density at radius 3 is 2.56 bits per heavy atom. The van der Waals surface area contributed by atoms with Gasteiger partial charge in [0, 0.05) is 48.3 Å². The van der Waals surface area contributed by atoms with E-state index in [0.29, 0.717) is 24.2 Å². The highest BCUT2D eigenvalue weighted by atomic mass is 16.1. The van der Waals surface area contributed by atoms with Crippen LogP contribution in [-0.2, 0) is 6.54 Å². The Kier molecular flexibility index (Phi) is 6.40. The molecule has 0 unspecified atom stereocenters. The third-order valence-corrected chi connectivity index (χ3v) is 6.20. The highest BCUT2D eigenvalue weighted by Crippen LogP contribution is 2.26. The van der Waals surface area contributed by atoms with Gasteiger partial charge < -0.3 is 21.7 Å². The lowest BCUT2D eigenvalue weighted by Gasteiger charge is -2.27. The second-order valence-electron chi connectivity index (χ2n) is 8.77. The minimum atomic E-state index is -0.103. The maximum atomic E-state index is 12.5. The van der Waals surface area contributed by atoms with Crippen LogP contribution in [0.15, 0.2) is 73.1 Å². The summed E-state index contributed by atoms with van der Waals surface area (Å²) < 4.78 is 1.77. The molecule has 0 saturated heterocycles. The Balaban J connectivity index is 1.27. The third kappa shape index (κ3) is 5.18. The number of amides is 1. The molecule has 1 aliphatic rings. The summed E-state index contributed by atoms with van der Waals surface area (Å²) in [6, 6.07) is 20.0. The smallest absolute Gasteiger partial charge is 0.251 e. The van der Waals surface area contributed by atoms with Crippen molar-refractivity contribution >= 4 is 28.7 Å². The van der Waals surface area contributed by atoms with Gasteiger partial charge in [-0.1, -0.05) is 30.3 Å². The lowest BCUT2D eigenvalue weighted by Crippen LogP contribution is -2.33. The summed E-state index contributed by atoms with van der Waals surface area (Å²) >= 11 is 0. The van der Waals surface area contributed by atoms with E-state index in [9.17, 15) is 4.79 Å². The molecule has 2 aromatic carbocycles. The fourth-order valence-electron chi connectivity index (χ4n) is 4.29. The predicted octanol–water partition coefficient (Wildman–Crippen LogP) is 4.08. The molecule has 174 valence electrons. The highest BCUT2D eigenvalue weighted by Gasteiger charge is 2.19. The average molecular weight is 456 g/mol. The average Bonchev–Trinajstić information content (AvgIpc) is 3.34. The van der Waals surface area contributed by atoms with Crippen LogP contribution in [0, 0.1) is 0 Å². The van der Waals surface area contributed by atoms with Crippen LogP contribution in [0.4, 0.5) is 17.2 Å². The van der Waals surface area contributed by atoms with Crippen LogP contribution in [0.2, 0.25) is 0 Å². The summed E-state index contributed by atoms with van der Waals surface area (Å²) in [4.78, 5) is 17.0. The Hall–Kier alpha value is -3.91. The minimum Gasteiger partial charge on any atom is -0.366 e. The number of rotatable bonds is 7. The van der Waals surface area contributed by atoms with Crippen molar-refractivity contribution in [1.29, 1.82) is 0 Å². The number of carbonyl (C=O) groups is 1. The molecule has 0 atom stereocenters. The van der Waals surface area contributed by atoms with Crippen LogP contribution in [0.5, 0.6) is 0 Å². The molecule has 0 radical (unpaired) electrons. The Bertz CT molecular complexity index is 1250. The monoisotopic (exact) mass is 455 g/mol. The summed E-state index contributed by atoms with van der Waals surface area (Å²) in [6.45, 7) is 0.497. The summed E-state index contributed by atoms with van der Waals surface area (Å²) in [5.74, 6) is 0.694. The summed E-state index contributed by atoms with van der Waals surface area (Å²) in [5, 5.41) is 14.6. The Morgan fingerprint density at radius 1 is 1.03 bits per heavy atom. The van der Waals surface area contributed by atoms with Crippen molar-refractivity contribution in [1.82, 2.24) is 19.9 Å². The molecule has 1 fully saturated rings. The van der Waals surface area contributed by atoms with E-state index in [1.54, 1.807) is 10.7 Å². The fourth-order valence-corrected chi connectivity index (χ4v) is 4.29. The number of hydrogen-bond acceptors (Lipinski definition) is 6. The zero-order valence-electron chi connectivity index (χ0n) is 18.9. The molecule has 34 heavy (non-hydrogen) atoms. The molecule has 1 aliphatic carbocycles. The van der Waals surface area contributed by atoms with E-state index in [1.165, 1.54) is 0 Å². The molecule has 0 bridgehead atoms. The molecule has 1 saturated carbocycles. The van der Waals surface area contributed by atoms with Gasteiger partial charge >= 0.3 is 0 Å². The number of imidazole rings is 1. The minimum absolute atomic E-state index is 0.103. The van der Waals surface area contributed by atoms with E-state index in [2.05, 4.69) is 26.0 Å². The van der Waals surface area contributed by atoms with Gasteiger partial charge in [0.25, 0.3) is 5.91 Å². The predicted molar refractivity (Wildman–Crippen MR) is 134 cm³/mol. The van der Waals surface area contributed by atoms with Crippen molar-refractivity contribution < 1.29 is 4.79 Å². The SMILES string of the molecule is NC1CCC(Nc2cc(Nc3ccc(C(=O)NCc4ccccc4)cc3)c3nccn3n2)CC1. The highest BCUT2D eigenvalue weighted by molar-refractivity contribution is 5.94. The van der Waals surface area contributed by atoms with Crippen molar-refractivity contribution in [3.8, 4) is 0 Å².